The summed E-state index contributed by atoms with van der Waals surface area (Å²) in [4.78, 5) is 0. The maximum Gasteiger partial charge on any atom is 0.123 e. The van der Waals surface area contributed by atoms with Crippen LogP contribution in [0, 0.1) is 5.82 Å². The minimum absolute atomic E-state index is 0.183. The SMILES string of the molecule is CCc1ccc(-c2cc(F)ccc2CNC)cc1CC. The largest absolute Gasteiger partial charge is 0.316 e. The number of benzene rings is 2. The molecule has 2 heteroatoms. The van der Waals surface area contributed by atoms with Gasteiger partial charge in [-0.2, -0.15) is 0 Å². The van der Waals surface area contributed by atoms with Gasteiger partial charge in [0.1, 0.15) is 5.82 Å². The number of aryl methyl sites for hydroxylation is 2. The smallest absolute Gasteiger partial charge is 0.123 e. The van der Waals surface area contributed by atoms with Gasteiger partial charge in [0.05, 0.1) is 0 Å². The molecule has 0 saturated carbocycles. The Hall–Kier alpha value is -1.67. The third-order valence-corrected chi connectivity index (χ3v) is 3.72. The van der Waals surface area contributed by atoms with Gasteiger partial charge in [-0.1, -0.05) is 38.1 Å². The molecule has 1 N–H and O–H groups in total. The summed E-state index contributed by atoms with van der Waals surface area (Å²) in [6.45, 7) is 5.08. The Bertz CT molecular complexity index is 590. The average Bonchev–Trinajstić information content (AvgIpc) is 2.48. The summed E-state index contributed by atoms with van der Waals surface area (Å²) < 4.78 is 13.6. The van der Waals surface area contributed by atoms with Crippen molar-refractivity contribution in [3.8, 4) is 11.1 Å². The Morgan fingerprint density at radius 2 is 1.60 bits per heavy atom. The van der Waals surface area contributed by atoms with Crippen LogP contribution in [0.1, 0.15) is 30.5 Å². The quantitative estimate of drug-likeness (QED) is 0.853. The number of nitrogens with one attached hydrogen (secondary N) is 1. The highest BCUT2D eigenvalue weighted by molar-refractivity contribution is 5.68. The molecule has 20 heavy (non-hydrogen) atoms. The van der Waals surface area contributed by atoms with E-state index in [1.54, 1.807) is 6.07 Å². The highest BCUT2D eigenvalue weighted by Crippen LogP contribution is 2.27. The van der Waals surface area contributed by atoms with Gasteiger partial charge < -0.3 is 5.32 Å². The van der Waals surface area contributed by atoms with E-state index in [2.05, 4.69) is 37.4 Å². The second kappa shape index (κ2) is 6.67. The Balaban J connectivity index is 2.52. The molecule has 0 unspecified atom stereocenters. The molecule has 0 atom stereocenters. The van der Waals surface area contributed by atoms with Gasteiger partial charge in [0.25, 0.3) is 0 Å². The Labute approximate surface area is 120 Å². The van der Waals surface area contributed by atoms with E-state index in [1.807, 2.05) is 13.1 Å². The summed E-state index contributed by atoms with van der Waals surface area (Å²) in [7, 11) is 1.91. The van der Waals surface area contributed by atoms with Crippen LogP contribution in [0.5, 0.6) is 0 Å². The molecule has 1 nitrogen and oxygen atoms in total. The lowest BCUT2D eigenvalue weighted by Gasteiger charge is -2.13. The Morgan fingerprint density at radius 1 is 0.900 bits per heavy atom. The second-order valence-electron chi connectivity index (χ2n) is 5.02. The first-order valence-corrected chi connectivity index (χ1v) is 7.24. The summed E-state index contributed by atoms with van der Waals surface area (Å²) in [5.41, 5.74) is 5.94. The first-order chi connectivity index (χ1) is 9.69. The Kier molecular flexibility index (Phi) is 4.91. The lowest BCUT2D eigenvalue weighted by atomic mass is 9.94. The zero-order valence-corrected chi connectivity index (χ0v) is 12.5. The van der Waals surface area contributed by atoms with Crippen molar-refractivity contribution in [1.29, 1.82) is 0 Å². The summed E-state index contributed by atoms with van der Waals surface area (Å²) >= 11 is 0. The van der Waals surface area contributed by atoms with Crippen LogP contribution in [-0.2, 0) is 19.4 Å². The summed E-state index contributed by atoms with van der Waals surface area (Å²) in [5.74, 6) is -0.183. The standard InChI is InChI=1S/C18H22FN/c1-4-13-6-7-15(10-14(13)5-2)18-11-17(19)9-8-16(18)12-20-3/h6-11,20H,4-5,12H2,1-3H3. The van der Waals surface area contributed by atoms with Crippen molar-refractivity contribution >= 4 is 0 Å². The molecule has 2 rings (SSSR count). The molecule has 106 valence electrons. The first-order valence-electron chi connectivity index (χ1n) is 7.24. The highest BCUT2D eigenvalue weighted by atomic mass is 19.1. The van der Waals surface area contributed by atoms with E-state index in [0.717, 1.165) is 36.1 Å². The number of rotatable bonds is 5. The van der Waals surface area contributed by atoms with Gasteiger partial charge in [0, 0.05) is 6.54 Å². The Morgan fingerprint density at radius 3 is 2.25 bits per heavy atom. The third kappa shape index (κ3) is 3.07. The van der Waals surface area contributed by atoms with Crippen LogP contribution in [0.3, 0.4) is 0 Å². The van der Waals surface area contributed by atoms with Crippen molar-refractivity contribution in [1.82, 2.24) is 5.32 Å². The fourth-order valence-electron chi connectivity index (χ4n) is 2.63. The predicted molar refractivity (Wildman–Crippen MR) is 83.4 cm³/mol. The topological polar surface area (TPSA) is 12.0 Å². The fraction of sp³-hybridized carbons (Fsp3) is 0.333. The van der Waals surface area contributed by atoms with E-state index in [1.165, 1.54) is 17.2 Å². The number of hydrogen-bond acceptors (Lipinski definition) is 1. The number of hydrogen-bond donors (Lipinski definition) is 1. The monoisotopic (exact) mass is 271 g/mol. The molecule has 0 amide bonds. The van der Waals surface area contributed by atoms with Crippen molar-refractivity contribution in [3.05, 3.63) is 58.9 Å². The van der Waals surface area contributed by atoms with Crippen LogP contribution in [-0.4, -0.2) is 7.05 Å². The van der Waals surface area contributed by atoms with Gasteiger partial charge in [-0.3, -0.25) is 0 Å². The van der Waals surface area contributed by atoms with Crippen LogP contribution < -0.4 is 5.32 Å². The van der Waals surface area contributed by atoms with Gasteiger partial charge in [-0.05, 0) is 59.8 Å². The molecule has 2 aromatic rings. The molecule has 0 aromatic heterocycles. The van der Waals surface area contributed by atoms with Crippen molar-refractivity contribution < 1.29 is 4.39 Å². The van der Waals surface area contributed by atoms with E-state index in [4.69, 9.17) is 0 Å². The van der Waals surface area contributed by atoms with Crippen LogP contribution in [0.2, 0.25) is 0 Å². The molecule has 0 fully saturated rings. The van der Waals surface area contributed by atoms with Crippen LogP contribution in [0.4, 0.5) is 4.39 Å². The van der Waals surface area contributed by atoms with E-state index >= 15 is 0 Å². The fourth-order valence-corrected chi connectivity index (χ4v) is 2.63. The van der Waals surface area contributed by atoms with Gasteiger partial charge in [-0.15, -0.1) is 0 Å². The molecule has 2 aromatic carbocycles. The minimum atomic E-state index is -0.183. The maximum absolute atomic E-state index is 13.6. The average molecular weight is 271 g/mol. The summed E-state index contributed by atoms with van der Waals surface area (Å²) in [5, 5.41) is 3.14. The summed E-state index contributed by atoms with van der Waals surface area (Å²) in [6.07, 6.45) is 2.05. The van der Waals surface area contributed by atoms with E-state index in [9.17, 15) is 4.39 Å². The molecule has 0 heterocycles. The van der Waals surface area contributed by atoms with Crippen molar-refractivity contribution in [2.45, 2.75) is 33.2 Å². The van der Waals surface area contributed by atoms with Gasteiger partial charge in [0.2, 0.25) is 0 Å². The predicted octanol–water partition coefficient (Wildman–Crippen LogP) is 4.34. The summed E-state index contributed by atoms with van der Waals surface area (Å²) in [6, 6.07) is 11.5. The molecule has 0 aliphatic rings. The van der Waals surface area contributed by atoms with Crippen LogP contribution in [0.15, 0.2) is 36.4 Å². The molecule has 0 aliphatic heterocycles. The lowest BCUT2D eigenvalue weighted by molar-refractivity contribution is 0.627. The lowest BCUT2D eigenvalue weighted by Crippen LogP contribution is -2.06. The van der Waals surface area contributed by atoms with Crippen molar-refractivity contribution in [2.24, 2.45) is 0 Å². The molecule has 0 saturated heterocycles. The van der Waals surface area contributed by atoms with Crippen LogP contribution in [0.25, 0.3) is 11.1 Å². The third-order valence-electron chi connectivity index (χ3n) is 3.72. The zero-order chi connectivity index (χ0) is 14.5. The normalized spacial score (nSPS) is 10.8. The molecular weight excluding hydrogens is 249 g/mol. The van der Waals surface area contributed by atoms with E-state index < -0.39 is 0 Å². The first kappa shape index (κ1) is 14.7. The number of halogens is 1. The maximum atomic E-state index is 13.6. The van der Waals surface area contributed by atoms with Crippen molar-refractivity contribution in [3.63, 3.8) is 0 Å². The minimum Gasteiger partial charge on any atom is -0.316 e. The van der Waals surface area contributed by atoms with Gasteiger partial charge >= 0.3 is 0 Å². The van der Waals surface area contributed by atoms with E-state index in [-0.39, 0.29) is 5.82 Å². The molecular formula is C18H22FN. The molecule has 0 bridgehead atoms. The van der Waals surface area contributed by atoms with Gasteiger partial charge in [0.15, 0.2) is 0 Å². The molecule has 0 radical (unpaired) electrons. The second-order valence-corrected chi connectivity index (χ2v) is 5.02. The zero-order valence-electron chi connectivity index (χ0n) is 12.5. The molecule has 0 spiro atoms. The van der Waals surface area contributed by atoms with Crippen LogP contribution >= 0.6 is 0 Å². The highest BCUT2D eigenvalue weighted by Gasteiger charge is 2.08. The molecule has 0 aliphatic carbocycles. The van der Waals surface area contributed by atoms with E-state index in [0.29, 0.717) is 0 Å². The van der Waals surface area contributed by atoms with Crippen molar-refractivity contribution in [2.75, 3.05) is 7.05 Å². The van der Waals surface area contributed by atoms with Gasteiger partial charge in [-0.25, -0.2) is 4.39 Å².